The van der Waals surface area contributed by atoms with E-state index in [1.807, 2.05) is 30.3 Å². The molecule has 0 radical (unpaired) electrons. The molecule has 6 heteroatoms. The van der Waals surface area contributed by atoms with Crippen molar-refractivity contribution >= 4 is 5.97 Å². The number of hydrogen-bond acceptors (Lipinski definition) is 6. The largest absolute Gasteiger partial charge is 0.496 e. The Kier molecular flexibility index (Phi) is 9.98. The molecule has 0 aliphatic heterocycles. The van der Waals surface area contributed by atoms with E-state index in [4.69, 9.17) is 23.7 Å². The molecule has 1 atom stereocenters. The third-order valence-corrected chi connectivity index (χ3v) is 6.18. The maximum atomic E-state index is 11.8. The van der Waals surface area contributed by atoms with Crippen LogP contribution in [0.1, 0.15) is 38.3 Å². The van der Waals surface area contributed by atoms with Gasteiger partial charge in [-0.1, -0.05) is 63.2 Å². The second-order valence-electron chi connectivity index (χ2n) is 9.83. The molecule has 0 bridgehead atoms. The second-order valence-corrected chi connectivity index (χ2v) is 9.83. The van der Waals surface area contributed by atoms with Crippen molar-refractivity contribution in [3.8, 4) is 28.4 Å². The fraction of sp³-hybridized carbons (Fsp3) is 0.387. The average molecular weight is 507 g/mol. The van der Waals surface area contributed by atoms with Crippen LogP contribution in [0.2, 0.25) is 0 Å². The number of hydrogen-bond donors (Lipinski definition) is 0. The van der Waals surface area contributed by atoms with Gasteiger partial charge in [0, 0.05) is 26.0 Å². The molecule has 0 spiro atoms. The normalized spacial score (nSPS) is 12.1. The van der Waals surface area contributed by atoms with E-state index in [1.165, 1.54) is 25.3 Å². The van der Waals surface area contributed by atoms with Gasteiger partial charge in [0.1, 0.15) is 17.2 Å². The molecule has 0 saturated heterocycles. The number of carbonyl (C=O) groups is 1. The predicted molar refractivity (Wildman–Crippen MR) is 146 cm³/mol. The highest BCUT2D eigenvalue weighted by atomic mass is 16.6. The second kappa shape index (κ2) is 13.2. The first-order chi connectivity index (χ1) is 17.7. The van der Waals surface area contributed by atoms with Gasteiger partial charge in [0.05, 0.1) is 27.4 Å². The number of ether oxygens (including phenoxy) is 5. The lowest BCUT2D eigenvalue weighted by atomic mass is 9.86. The molecule has 0 saturated carbocycles. The minimum atomic E-state index is -0.689. The molecule has 0 aliphatic carbocycles. The first-order valence-corrected chi connectivity index (χ1v) is 12.5. The van der Waals surface area contributed by atoms with E-state index in [1.54, 1.807) is 7.11 Å². The monoisotopic (exact) mass is 506 g/mol. The molecule has 0 N–H and O–H groups in total. The van der Waals surface area contributed by atoms with E-state index in [2.05, 4.69) is 57.2 Å². The van der Waals surface area contributed by atoms with Gasteiger partial charge in [-0.25, -0.2) is 4.79 Å². The predicted octanol–water partition coefficient (Wildman–Crippen LogP) is 6.24. The molecule has 0 unspecified atom stereocenters. The van der Waals surface area contributed by atoms with Crippen LogP contribution in [0.15, 0.2) is 66.7 Å². The van der Waals surface area contributed by atoms with Crippen molar-refractivity contribution in [2.45, 2.75) is 45.1 Å². The molecular weight excluding hydrogens is 468 g/mol. The molecule has 0 aliphatic rings. The van der Waals surface area contributed by atoms with Crippen LogP contribution < -0.4 is 14.2 Å². The summed E-state index contributed by atoms with van der Waals surface area (Å²) in [4.78, 5) is 11.8. The fourth-order valence-electron chi connectivity index (χ4n) is 3.92. The molecule has 3 aromatic rings. The summed E-state index contributed by atoms with van der Waals surface area (Å²) >= 11 is 0. The van der Waals surface area contributed by atoms with Crippen LogP contribution in [0.3, 0.4) is 0 Å². The van der Waals surface area contributed by atoms with Crippen molar-refractivity contribution in [1.82, 2.24) is 0 Å². The summed E-state index contributed by atoms with van der Waals surface area (Å²) in [6, 6.07) is 22.4. The molecule has 3 rings (SSSR count). The highest BCUT2D eigenvalue weighted by molar-refractivity contribution is 5.75. The highest BCUT2D eigenvalue weighted by Gasteiger charge is 2.21. The zero-order valence-corrected chi connectivity index (χ0v) is 22.7. The topological polar surface area (TPSA) is 63.2 Å². The summed E-state index contributed by atoms with van der Waals surface area (Å²) in [5.41, 5.74) is 4.67. The van der Waals surface area contributed by atoms with Crippen molar-refractivity contribution in [3.63, 3.8) is 0 Å². The summed E-state index contributed by atoms with van der Waals surface area (Å²) in [6.07, 6.45) is 0.390. The number of methoxy groups -OCH3 is 3. The molecule has 0 amide bonds. The van der Waals surface area contributed by atoms with Crippen molar-refractivity contribution in [3.05, 3.63) is 77.9 Å². The summed E-state index contributed by atoms with van der Waals surface area (Å²) in [5, 5.41) is 0. The van der Waals surface area contributed by atoms with E-state index in [0.717, 1.165) is 23.3 Å². The Morgan fingerprint density at radius 2 is 1.35 bits per heavy atom. The van der Waals surface area contributed by atoms with Crippen LogP contribution in [0.25, 0.3) is 11.1 Å². The standard InChI is InChI=1S/C31H38O6/c1-31(2,3)25-13-8-22(9-14-25)23-10-15-26(16-11-23)36-18-7-19-37-27-17-12-24(28(21-27)33-4)20-29(34-5)30(32)35-6/h8-17,21,29H,7,18-20H2,1-6H3/t29-/m0/s1. The summed E-state index contributed by atoms with van der Waals surface area (Å²) in [5.74, 6) is 1.73. The smallest absolute Gasteiger partial charge is 0.335 e. The maximum Gasteiger partial charge on any atom is 0.335 e. The quantitative estimate of drug-likeness (QED) is 0.214. The Hall–Kier alpha value is -3.51. The van der Waals surface area contributed by atoms with E-state index in [-0.39, 0.29) is 5.41 Å². The number of esters is 1. The van der Waals surface area contributed by atoms with Crippen molar-refractivity contribution in [2.24, 2.45) is 0 Å². The van der Waals surface area contributed by atoms with E-state index in [0.29, 0.717) is 31.1 Å². The molecule has 0 aromatic heterocycles. The van der Waals surface area contributed by atoms with Crippen LogP contribution in [-0.4, -0.2) is 46.6 Å². The molecule has 198 valence electrons. The first kappa shape index (κ1) is 28.1. The van der Waals surface area contributed by atoms with Crippen molar-refractivity contribution < 1.29 is 28.5 Å². The molecule has 6 nitrogen and oxygen atoms in total. The van der Waals surface area contributed by atoms with E-state index < -0.39 is 12.1 Å². The molecule has 37 heavy (non-hydrogen) atoms. The summed E-state index contributed by atoms with van der Waals surface area (Å²) in [7, 11) is 4.41. The van der Waals surface area contributed by atoms with Gasteiger partial charge in [0.25, 0.3) is 0 Å². The van der Waals surface area contributed by atoms with Gasteiger partial charge >= 0.3 is 5.97 Å². The van der Waals surface area contributed by atoms with Gasteiger partial charge in [0.15, 0.2) is 6.10 Å². The Morgan fingerprint density at radius 1 is 0.784 bits per heavy atom. The SMILES string of the molecule is COC(=O)[C@H](Cc1ccc(OCCCOc2ccc(-c3ccc(C(C)(C)C)cc3)cc2)cc1OC)OC. The number of carbonyl (C=O) groups excluding carboxylic acids is 1. The lowest BCUT2D eigenvalue weighted by Gasteiger charge is -2.19. The van der Waals surface area contributed by atoms with Gasteiger partial charge in [-0.3, -0.25) is 0 Å². The minimum absolute atomic E-state index is 0.148. The van der Waals surface area contributed by atoms with Crippen LogP contribution in [0, 0.1) is 0 Å². The van der Waals surface area contributed by atoms with Crippen LogP contribution in [0.5, 0.6) is 17.2 Å². The Balaban J connectivity index is 1.46. The van der Waals surface area contributed by atoms with Gasteiger partial charge in [-0.2, -0.15) is 0 Å². The van der Waals surface area contributed by atoms with Crippen LogP contribution >= 0.6 is 0 Å². The maximum absolute atomic E-state index is 11.8. The lowest BCUT2D eigenvalue weighted by Crippen LogP contribution is -2.26. The van der Waals surface area contributed by atoms with Gasteiger partial charge in [-0.15, -0.1) is 0 Å². The fourth-order valence-corrected chi connectivity index (χ4v) is 3.92. The number of rotatable bonds is 12. The highest BCUT2D eigenvalue weighted by Crippen LogP contribution is 2.28. The zero-order valence-electron chi connectivity index (χ0n) is 22.7. The van der Waals surface area contributed by atoms with Crippen LogP contribution in [0.4, 0.5) is 0 Å². The minimum Gasteiger partial charge on any atom is -0.496 e. The summed E-state index contributed by atoms with van der Waals surface area (Å²) in [6.45, 7) is 7.71. The van der Waals surface area contributed by atoms with E-state index >= 15 is 0 Å². The van der Waals surface area contributed by atoms with Gasteiger partial charge in [0.2, 0.25) is 0 Å². The number of benzene rings is 3. The molecule has 0 heterocycles. The Bertz CT molecular complexity index is 1130. The molecule has 3 aromatic carbocycles. The van der Waals surface area contributed by atoms with Crippen molar-refractivity contribution in [2.75, 3.05) is 34.5 Å². The van der Waals surface area contributed by atoms with Crippen LogP contribution in [-0.2, 0) is 26.1 Å². The molecule has 0 fully saturated rings. The zero-order chi connectivity index (χ0) is 26.8. The third kappa shape index (κ3) is 7.99. The van der Waals surface area contributed by atoms with Gasteiger partial charge < -0.3 is 23.7 Å². The van der Waals surface area contributed by atoms with E-state index in [9.17, 15) is 4.79 Å². The van der Waals surface area contributed by atoms with Gasteiger partial charge in [-0.05, 0) is 45.9 Å². The Morgan fingerprint density at radius 3 is 1.89 bits per heavy atom. The summed E-state index contributed by atoms with van der Waals surface area (Å²) < 4.78 is 27.3. The molecular formula is C31H38O6. The lowest BCUT2D eigenvalue weighted by molar-refractivity contribution is -0.152. The Labute approximate surface area is 220 Å². The average Bonchev–Trinajstić information content (AvgIpc) is 2.91. The third-order valence-electron chi connectivity index (χ3n) is 6.18. The van der Waals surface area contributed by atoms with Crippen molar-refractivity contribution in [1.29, 1.82) is 0 Å². The first-order valence-electron chi connectivity index (χ1n) is 12.5.